The van der Waals surface area contributed by atoms with Crippen molar-refractivity contribution in [2.45, 2.75) is 42.9 Å². The van der Waals surface area contributed by atoms with Crippen molar-refractivity contribution in [1.82, 2.24) is 10.3 Å². The van der Waals surface area contributed by atoms with Crippen molar-refractivity contribution in [3.8, 4) is 0 Å². The predicted octanol–water partition coefficient (Wildman–Crippen LogP) is 1.62. The molecule has 0 radical (unpaired) electrons. The van der Waals surface area contributed by atoms with E-state index in [1.54, 1.807) is 6.07 Å². The fourth-order valence-corrected chi connectivity index (χ4v) is 3.62. The van der Waals surface area contributed by atoms with E-state index in [2.05, 4.69) is 10.3 Å². The molecule has 0 aliphatic carbocycles. The van der Waals surface area contributed by atoms with Gasteiger partial charge in [0.15, 0.2) is 10.1 Å². The fraction of sp³-hybridized carbons (Fsp3) is 0.357. The smallest absolute Gasteiger partial charge is 0.308 e. The lowest BCUT2D eigenvalue weighted by molar-refractivity contribution is 0.419. The van der Waals surface area contributed by atoms with Crippen molar-refractivity contribution in [2.75, 3.05) is 0 Å². The van der Waals surface area contributed by atoms with Crippen LogP contribution in [0.3, 0.4) is 0 Å². The van der Waals surface area contributed by atoms with Gasteiger partial charge in [-0.15, -0.1) is 0 Å². The van der Waals surface area contributed by atoms with Gasteiger partial charge in [-0.3, -0.25) is 9.11 Å². The number of pyridine rings is 1. The molecule has 0 unspecified atom stereocenters. The first-order chi connectivity index (χ1) is 10.8. The molecule has 3 N–H and O–H groups in total. The molecule has 0 bridgehead atoms. The van der Waals surface area contributed by atoms with E-state index in [0.29, 0.717) is 0 Å². The van der Waals surface area contributed by atoms with Crippen LogP contribution in [0.4, 0.5) is 0 Å². The number of rotatable bonds is 4. The van der Waals surface area contributed by atoms with E-state index in [1.807, 2.05) is 20.8 Å². The highest BCUT2D eigenvalue weighted by molar-refractivity contribution is 7.86. The van der Waals surface area contributed by atoms with Crippen molar-refractivity contribution in [1.29, 1.82) is 0 Å². The highest BCUT2D eigenvalue weighted by Gasteiger charge is 2.27. The van der Waals surface area contributed by atoms with Crippen LogP contribution < -0.4 is 5.32 Å². The number of fused-ring (bicyclic) bond motifs is 1. The second kappa shape index (κ2) is 6.05. The summed E-state index contributed by atoms with van der Waals surface area (Å²) < 4.78 is 65.3. The van der Waals surface area contributed by atoms with Gasteiger partial charge < -0.3 is 5.32 Å². The van der Waals surface area contributed by atoms with E-state index < -0.39 is 30.3 Å². The molecule has 1 aromatic heterocycles. The first-order valence-corrected chi connectivity index (χ1v) is 9.80. The zero-order valence-corrected chi connectivity index (χ0v) is 14.9. The van der Waals surface area contributed by atoms with E-state index >= 15 is 0 Å². The molecule has 0 saturated heterocycles. The predicted molar refractivity (Wildman–Crippen MR) is 88.0 cm³/mol. The Labute approximate surface area is 140 Å². The molecule has 2 aromatic rings. The summed E-state index contributed by atoms with van der Waals surface area (Å²) in [6.07, 6.45) is 0. The molecule has 1 aromatic carbocycles. The molecule has 0 saturated carbocycles. The Morgan fingerprint density at radius 3 is 1.92 bits per heavy atom. The van der Waals surface area contributed by atoms with Gasteiger partial charge in [-0.05, 0) is 26.2 Å². The first-order valence-electron chi connectivity index (χ1n) is 6.92. The molecule has 0 amide bonds. The zero-order valence-electron chi connectivity index (χ0n) is 13.3. The van der Waals surface area contributed by atoms with Crippen LogP contribution in [-0.4, -0.2) is 36.5 Å². The Morgan fingerprint density at radius 2 is 1.46 bits per heavy atom. The lowest BCUT2D eigenvalue weighted by Gasteiger charge is -2.22. The van der Waals surface area contributed by atoms with Crippen LogP contribution in [-0.2, 0) is 26.8 Å². The highest BCUT2D eigenvalue weighted by atomic mass is 32.2. The fourth-order valence-electron chi connectivity index (χ4n) is 2.20. The van der Waals surface area contributed by atoms with E-state index in [0.717, 1.165) is 0 Å². The number of benzene rings is 1. The van der Waals surface area contributed by atoms with E-state index in [-0.39, 0.29) is 28.4 Å². The summed E-state index contributed by atoms with van der Waals surface area (Å²) in [6, 6.07) is 6.02. The summed E-state index contributed by atoms with van der Waals surface area (Å²) in [5.41, 5.74) is -0.241. The summed E-state index contributed by atoms with van der Waals surface area (Å²) in [7, 11) is -9.58. The maximum atomic E-state index is 11.7. The first kappa shape index (κ1) is 18.7. The number of nitrogens with one attached hydrogen (secondary N) is 1. The Balaban J connectivity index is 2.89. The SMILES string of the molecule is CC(C)(C)NCc1c(S(=O)(=O)O)nc(S(=O)(=O)O)c2ccccc12. The second-order valence-corrected chi connectivity index (χ2v) is 8.97. The lowest BCUT2D eigenvalue weighted by atomic mass is 10.1. The molecule has 0 fully saturated rings. The van der Waals surface area contributed by atoms with E-state index in [9.17, 15) is 25.9 Å². The van der Waals surface area contributed by atoms with Crippen molar-refractivity contribution >= 4 is 31.0 Å². The van der Waals surface area contributed by atoms with Gasteiger partial charge >= 0.3 is 20.2 Å². The van der Waals surface area contributed by atoms with Crippen LogP contribution in [0.25, 0.3) is 10.8 Å². The molecule has 0 atom stereocenters. The van der Waals surface area contributed by atoms with Gasteiger partial charge in [0.1, 0.15) is 0 Å². The zero-order chi connectivity index (χ0) is 18.3. The largest absolute Gasteiger partial charge is 0.312 e. The molecule has 0 aliphatic heterocycles. The van der Waals surface area contributed by atoms with Crippen molar-refractivity contribution in [3.05, 3.63) is 29.8 Å². The van der Waals surface area contributed by atoms with Gasteiger partial charge in [0.05, 0.1) is 0 Å². The van der Waals surface area contributed by atoms with Crippen LogP contribution in [0.1, 0.15) is 26.3 Å². The minimum atomic E-state index is -4.80. The molecule has 132 valence electrons. The highest BCUT2D eigenvalue weighted by Crippen LogP contribution is 2.29. The van der Waals surface area contributed by atoms with Crippen LogP contribution in [0, 0.1) is 0 Å². The monoisotopic (exact) mass is 374 g/mol. The summed E-state index contributed by atoms with van der Waals surface area (Å²) >= 11 is 0. The van der Waals surface area contributed by atoms with Crippen molar-refractivity contribution in [3.63, 3.8) is 0 Å². The van der Waals surface area contributed by atoms with Gasteiger partial charge in [-0.1, -0.05) is 24.3 Å². The van der Waals surface area contributed by atoms with Gasteiger partial charge in [0.2, 0.25) is 0 Å². The molecule has 2 rings (SSSR count). The van der Waals surface area contributed by atoms with Crippen molar-refractivity contribution in [2.24, 2.45) is 0 Å². The molecule has 10 heteroatoms. The second-order valence-electron chi connectivity index (χ2n) is 6.30. The third kappa shape index (κ3) is 4.08. The van der Waals surface area contributed by atoms with Gasteiger partial charge in [-0.2, -0.15) is 16.8 Å². The summed E-state index contributed by atoms with van der Waals surface area (Å²) in [5.74, 6) is 0. The topological polar surface area (TPSA) is 134 Å². The summed E-state index contributed by atoms with van der Waals surface area (Å²) in [6.45, 7) is 5.62. The molecule has 1 heterocycles. The van der Waals surface area contributed by atoms with Gasteiger partial charge in [-0.25, -0.2) is 4.98 Å². The number of hydrogen-bond acceptors (Lipinski definition) is 6. The molecular formula is C14H18N2O6S2. The standard InChI is InChI=1S/C14H18N2O6S2/c1-14(2,3)15-8-11-9-6-4-5-7-10(9)12(23(17,18)19)16-13(11)24(20,21)22/h4-7,15H,8H2,1-3H3,(H,17,18,19)(H,20,21,22). The molecular weight excluding hydrogens is 356 g/mol. The minimum absolute atomic E-state index is 0.0257. The molecule has 8 nitrogen and oxygen atoms in total. The number of nitrogens with zero attached hydrogens (tertiary/aromatic N) is 1. The Bertz CT molecular complexity index is 992. The average molecular weight is 374 g/mol. The van der Waals surface area contributed by atoms with Crippen LogP contribution in [0.15, 0.2) is 34.3 Å². The van der Waals surface area contributed by atoms with E-state index in [1.165, 1.54) is 18.2 Å². The molecule has 0 aliphatic rings. The third-order valence-electron chi connectivity index (χ3n) is 3.23. The third-order valence-corrected chi connectivity index (χ3v) is 4.85. The van der Waals surface area contributed by atoms with Crippen LogP contribution in [0.5, 0.6) is 0 Å². The summed E-state index contributed by atoms with van der Waals surface area (Å²) in [4.78, 5) is 3.53. The van der Waals surface area contributed by atoms with Crippen LogP contribution >= 0.6 is 0 Å². The normalized spacial score (nSPS) is 13.4. The Morgan fingerprint density at radius 1 is 0.958 bits per heavy atom. The van der Waals surface area contributed by atoms with Crippen molar-refractivity contribution < 1.29 is 25.9 Å². The van der Waals surface area contributed by atoms with Gasteiger partial charge in [0, 0.05) is 23.0 Å². The minimum Gasteiger partial charge on any atom is -0.308 e. The molecule has 24 heavy (non-hydrogen) atoms. The lowest BCUT2D eigenvalue weighted by Crippen LogP contribution is -2.35. The van der Waals surface area contributed by atoms with Gasteiger partial charge in [0.25, 0.3) is 0 Å². The summed E-state index contributed by atoms with van der Waals surface area (Å²) in [5, 5.41) is 1.78. The Kier molecular flexibility index (Phi) is 4.72. The quantitative estimate of drug-likeness (QED) is 0.687. The maximum Gasteiger partial charge on any atom is 0.312 e. The average Bonchev–Trinajstić information content (AvgIpc) is 2.40. The maximum absolute atomic E-state index is 11.7. The molecule has 0 spiro atoms. The number of aromatic nitrogens is 1. The van der Waals surface area contributed by atoms with Crippen LogP contribution in [0.2, 0.25) is 0 Å². The van der Waals surface area contributed by atoms with E-state index in [4.69, 9.17) is 0 Å². The Hall–Kier alpha value is -1.59. The number of hydrogen-bond donors (Lipinski definition) is 3.